The van der Waals surface area contributed by atoms with Gasteiger partial charge in [0, 0.05) is 15.9 Å². The first-order valence-corrected chi connectivity index (χ1v) is 7.49. The molecule has 0 aliphatic rings. The van der Waals surface area contributed by atoms with Crippen LogP contribution in [-0.2, 0) is 11.2 Å². The molecule has 0 amide bonds. The Hall–Kier alpha value is -1.86. The van der Waals surface area contributed by atoms with Gasteiger partial charge < -0.3 is 5.11 Å². The van der Waals surface area contributed by atoms with Crippen molar-refractivity contribution in [1.29, 1.82) is 0 Å². The largest absolute Gasteiger partial charge is 0.481 e. The lowest BCUT2D eigenvalue weighted by molar-refractivity contribution is -0.385. The van der Waals surface area contributed by atoms with E-state index in [0.29, 0.717) is 4.47 Å². The molecule has 0 atom stereocenters. The number of hydrogen-bond donors (Lipinski definition) is 1. The third kappa shape index (κ3) is 4.30. The lowest BCUT2D eigenvalue weighted by Crippen LogP contribution is -1.99. The molecule has 21 heavy (non-hydrogen) atoms. The number of nitrogens with zero attached hydrogens (tertiary/aromatic N) is 1. The van der Waals surface area contributed by atoms with Gasteiger partial charge in [0.25, 0.3) is 5.69 Å². The van der Waals surface area contributed by atoms with Gasteiger partial charge in [-0.1, -0.05) is 23.9 Å². The van der Waals surface area contributed by atoms with E-state index in [2.05, 4.69) is 15.9 Å². The molecule has 108 valence electrons. The van der Waals surface area contributed by atoms with Crippen LogP contribution in [0.25, 0.3) is 0 Å². The Kier molecular flexibility index (Phi) is 4.98. The quantitative estimate of drug-likeness (QED) is 0.634. The zero-order valence-corrected chi connectivity index (χ0v) is 13.1. The molecule has 0 aromatic heterocycles. The first-order chi connectivity index (χ1) is 9.95. The highest BCUT2D eigenvalue weighted by Crippen LogP contribution is 2.33. The predicted molar refractivity (Wildman–Crippen MR) is 82.7 cm³/mol. The average Bonchev–Trinajstić information content (AvgIpc) is 2.40. The minimum atomic E-state index is -0.866. The summed E-state index contributed by atoms with van der Waals surface area (Å²) in [5, 5.41) is 19.4. The maximum atomic E-state index is 10.7. The third-order valence-electron chi connectivity index (χ3n) is 2.63. The van der Waals surface area contributed by atoms with Crippen molar-refractivity contribution in [3.63, 3.8) is 0 Å². The third-order valence-corrected chi connectivity index (χ3v) is 4.26. The summed E-state index contributed by atoms with van der Waals surface area (Å²) < 4.78 is 0.431. The van der Waals surface area contributed by atoms with Crippen molar-refractivity contribution in [3.8, 4) is 0 Å². The molecule has 0 heterocycles. The molecule has 0 unspecified atom stereocenters. The van der Waals surface area contributed by atoms with Crippen LogP contribution in [-0.4, -0.2) is 16.0 Å². The fraction of sp³-hybridized carbons (Fsp3) is 0.0714. The molecule has 5 nitrogen and oxygen atoms in total. The van der Waals surface area contributed by atoms with Crippen molar-refractivity contribution >= 4 is 39.3 Å². The van der Waals surface area contributed by atoms with Crippen LogP contribution in [0.3, 0.4) is 0 Å². The summed E-state index contributed by atoms with van der Waals surface area (Å²) in [7, 11) is 0. The van der Waals surface area contributed by atoms with Crippen LogP contribution in [0.4, 0.5) is 5.69 Å². The Morgan fingerprint density at radius 3 is 2.33 bits per heavy atom. The van der Waals surface area contributed by atoms with Gasteiger partial charge >= 0.3 is 5.97 Å². The molecule has 7 heteroatoms. The standard InChI is InChI=1S/C14H10BrNO4S/c15-12-8-11(5-6-13(12)16(19)20)21-10-3-1-9(2-4-10)7-14(17)18/h1-6,8H,7H2,(H,17,18). The van der Waals surface area contributed by atoms with Crippen LogP contribution in [0.5, 0.6) is 0 Å². The molecule has 2 aromatic carbocycles. The molecule has 2 rings (SSSR count). The molecular weight excluding hydrogens is 358 g/mol. The number of aliphatic carboxylic acids is 1. The predicted octanol–water partition coefficient (Wildman–Crippen LogP) is 4.14. The highest BCUT2D eigenvalue weighted by atomic mass is 79.9. The summed E-state index contributed by atoms with van der Waals surface area (Å²) in [6.07, 6.45) is -0.00593. The van der Waals surface area contributed by atoms with Crippen LogP contribution >= 0.6 is 27.7 Å². The van der Waals surface area contributed by atoms with Crippen LogP contribution in [0, 0.1) is 10.1 Å². The van der Waals surface area contributed by atoms with Crippen molar-refractivity contribution in [2.75, 3.05) is 0 Å². The lowest BCUT2D eigenvalue weighted by atomic mass is 10.2. The molecule has 0 spiro atoms. The molecule has 0 aliphatic carbocycles. The van der Waals surface area contributed by atoms with Gasteiger partial charge in [0.05, 0.1) is 15.8 Å². The van der Waals surface area contributed by atoms with Gasteiger partial charge in [0.15, 0.2) is 0 Å². The number of benzene rings is 2. The number of hydrogen-bond acceptors (Lipinski definition) is 4. The van der Waals surface area contributed by atoms with E-state index in [1.54, 1.807) is 24.3 Å². The van der Waals surface area contributed by atoms with Gasteiger partial charge in [-0.05, 0) is 45.8 Å². The molecule has 0 radical (unpaired) electrons. The SMILES string of the molecule is O=C(O)Cc1ccc(Sc2ccc([N+](=O)[O-])c(Br)c2)cc1. The number of rotatable bonds is 5. The lowest BCUT2D eigenvalue weighted by Gasteiger charge is -2.04. The van der Waals surface area contributed by atoms with E-state index in [4.69, 9.17) is 5.11 Å². The molecule has 0 bridgehead atoms. The van der Waals surface area contributed by atoms with Gasteiger partial charge in [-0.25, -0.2) is 0 Å². The summed E-state index contributed by atoms with van der Waals surface area (Å²) >= 11 is 4.63. The molecule has 0 saturated heterocycles. The van der Waals surface area contributed by atoms with E-state index in [1.165, 1.54) is 17.8 Å². The van der Waals surface area contributed by atoms with Crippen molar-refractivity contribution in [2.45, 2.75) is 16.2 Å². The first kappa shape index (κ1) is 15.5. The molecule has 1 N–H and O–H groups in total. The summed E-state index contributed by atoms with van der Waals surface area (Å²) in [4.78, 5) is 22.7. The second-order valence-electron chi connectivity index (χ2n) is 4.19. The van der Waals surface area contributed by atoms with Crippen molar-refractivity contribution in [1.82, 2.24) is 0 Å². The Morgan fingerprint density at radius 1 is 1.19 bits per heavy atom. The molecule has 2 aromatic rings. The van der Waals surface area contributed by atoms with E-state index < -0.39 is 10.9 Å². The minimum Gasteiger partial charge on any atom is -0.481 e. The normalized spacial score (nSPS) is 10.3. The summed E-state index contributed by atoms with van der Waals surface area (Å²) in [6.45, 7) is 0. The average molecular weight is 368 g/mol. The molecule has 0 saturated carbocycles. The second-order valence-corrected chi connectivity index (χ2v) is 6.19. The van der Waals surface area contributed by atoms with E-state index >= 15 is 0 Å². The summed E-state index contributed by atoms with van der Waals surface area (Å²) in [5.41, 5.74) is 0.757. The number of nitro benzene ring substituents is 1. The Morgan fingerprint density at radius 2 is 1.81 bits per heavy atom. The van der Waals surface area contributed by atoms with Gasteiger partial charge in [-0.2, -0.15) is 0 Å². The fourth-order valence-electron chi connectivity index (χ4n) is 1.69. The van der Waals surface area contributed by atoms with Crippen LogP contribution in [0.2, 0.25) is 0 Å². The van der Waals surface area contributed by atoms with Crippen molar-refractivity contribution in [2.24, 2.45) is 0 Å². The number of carbonyl (C=O) groups is 1. The number of halogens is 1. The molecular formula is C14H10BrNO4S. The van der Waals surface area contributed by atoms with Gasteiger partial charge in [-0.15, -0.1) is 0 Å². The van der Waals surface area contributed by atoms with E-state index in [9.17, 15) is 14.9 Å². The minimum absolute atomic E-state index is 0.00593. The first-order valence-electron chi connectivity index (χ1n) is 5.88. The Bertz CT molecular complexity index is 688. The second kappa shape index (κ2) is 6.73. The zero-order chi connectivity index (χ0) is 15.4. The van der Waals surface area contributed by atoms with Gasteiger partial charge in [0.1, 0.15) is 0 Å². The van der Waals surface area contributed by atoms with Gasteiger partial charge in [-0.3, -0.25) is 14.9 Å². The van der Waals surface area contributed by atoms with Crippen molar-refractivity contribution in [3.05, 3.63) is 62.6 Å². The van der Waals surface area contributed by atoms with Crippen LogP contribution < -0.4 is 0 Å². The molecule has 0 fully saturated rings. The monoisotopic (exact) mass is 367 g/mol. The highest BCUT2D eigenvalue weighted by molar-refractivity contribution is 9.10. The molecule has 0 aliphatic heterocycles. The summed E-state index contributed by atoms with van der Waals surface area (Å²) in [6, 6.07) is 12.0. The highest BCUT2D eigenvalue weighted by Gasteiger charge is 2.12. The van der Waals surface area contributed by atoms with Crippen molar-refractivity contribution < 1.29 is 14.8 Å². The van der Waals surface area contributed by atoms with Crippen LogP contribution in [0.15, 0.2) is 56.7 Å². The smallest absolute Gasteiger partial charge is 0.307 e. The zero-order valence-electron chi connectivity index (χ0n) is 10.7. The number of nitro groups is 1. The van der Waals surface area contributed by atoms with E-state index in [1.807, 2.05) is 12.1 Å². The maximum Gasteiger partial charge on any atom is 0.307 e. The topological polar surface area (TPSA) is 80.4 Å². The Balaban J connectivity index is 2.13. The van der Waals surface area contributed by atoms with E-state index in [-0.39, 0.29) is 12.1 Å². The number of carboxylic acid groups (broad SMARTS) is 1. The Labute approximate surface area is 133 Å². The summed E-state index contributed by atoms with van der Waals surface area (Å²) in [5.74, 6) is -0.866. The van der Waals surface area contributed by atoms with Crippen LogP contribution in [0.1, 0.15) is 5.56 Å². The van der Waals surface area contributed by atoms with E-state index in [0.717, 1.165) is 15.4 Å². The van der Waals surface area contributed by atoms with Gasteiger partial charge in [0.2, 0.25) is 0 Å². The number of carboxylic acids is 1. The fourth-order valence-corrected chi connectivity index (χ4v) is 3.22. The maximum absolute atomic E-state index is 10.7.